The Hall–Kier alpha value is -1.91. The zero-order valence-electron chi connectivity index (χ0n) is 17.4. The number of nitrogens with two attached hydrogens (primary N) is 1. The van der Waals surface area contributed by atoms with Crippen LogP contribution in [-0.4, -0.2) is 27.6 Å². The predicted octanol–water partition coefficient (Wildman–Crippen LogP) is 4.31. The van der Waals surface area contributed by atoms with E-state index in [1.165, 1.54) is 11.1 Å². The maximum Gasteiger partial charge on any atom is 0.179 e. The number of ketones is 1. The van der Waals surface area contributed by atoms with Gasteiger partial charge in [0.05, 0.1) is 12.3 Å². The number of benzene rings is 1. The number of rotatable bonds is 8. The molecular formula is C24H34N2O2. The fourth-order valence-corrected chi connectivity index (χ4v) is 4.42. The van der Waals surface area contributed by atoms with Crippen LogP contribution < -0.4 is 5.73 Å². The lowest BCUT2D eigenvalue weighted by atomic mass is 9.97. The second-order valence-corrected chi connectivity index (χ2v) is 8.84. The van der Waals surface area contributed by atoms with E-state index in [0.717, 1.165) is 43.5 Å². The SMILES string of the molecule is CC(C)c1ccc(CCCC(=O)c2ccc([C@H]3CC[C@](N)(CO)C3)n2C)cc1. The number of aliphatic hydroxyl groups is 1. The van der Waals surface area contributed by atoms with E-state index < -0.39 is 5.54 Å². The van der Waals surface area contributed by atoms with E-state index in [1.807, 2.05) is 17.7 Å². The van der Waals surface area contributed by atoms with E-state index in [1.54, 1.807) is 0 Å². The molecule has 0 aliphatic heterocycles. The van der Waals surface area contributed by atoms with E-state index >= 15 is 0 Å². The molecule has 0 spiro atoms. The van der Waals surface area contributed by atoms with Crippen LogP contribution >= 0.6 is 0 Å². The lowest BCUT2D eigenvalue weighted by Crippen LogP contribution is -2.40. The topological polar surface area (TPSA) is 68.2 Å². The largest absolute Gasteiger partial charge is 0.394 e. The van der Waals surface area contributed by atoms with Gasteiger partial charge >= 0.3 is 0 Å². The summed E-state index contributed by atoms with van der Waals surface area (Å²) in [4.78, 5) is 12.7. The molecule has 2 aromatic rings. The van der Waals surface area contributed by atoms with Crippen LogP contribution in [0.5, 0.6) is 0 Å². The molecule has 0 saturated heterocycles. The number of carbonyl (C=O) groups is 1. The third-order valence-electron chi connectivity index (χ3n) is 6.34. The van der Waals surface area contributed by atoms with Crippen molar-refractivity contribution in [3.8, 4) is 0 Å². The fourth-order valence-electron chi connectivity index (χ4n) is 4.42. The van der Waals surface area contributed by atoms with Crippen molar-refractivity contribution >= 4 is 5.78 Å². The highest BCUT2D eigenvalue weighted by Gasteiger charge is 2.37. The zero-order valence-corrected chi connectivity index (χ0v) is 17.4. The van der Waals surface area contributed by atoms with E-state index in [0.29, 0.717) is 18.3 Å². The Morgan fingerprint density at radius 1 is 1.25 bits per heavy atom. The van der Waals surface area contributed by atoms with Crippen molar-refractivity contribution in [2.45, 2.75) is 69.7 Å². The summed E-state index contributed by atoms with van der Waals surface area (Å²) in [6.45, 7) is 4.42. The van der Waals surface area contributed by atoms with Crippen molar-refractivity contribution in [3.05, 3.63) is 58.9 Å². The second kappa shape index (κ2) is 8.62. The summed E-state index contributed by atoms with van der Waals surface area (Å²) in [5, 5.41) is 9.50. The average molecular weight is 383 g/mol. The number of nitrogens with zero attached hydrogens (tertiary/aromatic N) is 1. The van der Waals surface area contributed by atoms with Crippen LogP contribution in [0.2, 0.25) is 0 Å². The third kappa shape index (κ3) is 4.56. The quantitative estimate of drug-likeness (QED) is 0.669. The smallest absolute Gasteiger partial charge is 0.179 e. The molecule has 1 fully saturated rings. The van der Waals surface area contributed by atoms with Gasteiger partial charge in [0.1, 0.15) is 0 Å². The minimum absolute atomic E-state index is 0.0257. The number of carbonyl (C=O) groups excluding carboxylic acids is 1. The number of Topliss-reactive ketones (excluding diaryl/α,β-unsaturated/α-hetero) is 1. The molecule has 0 unspecified atom stereocenters. The summed E-state index contributed by atoms with van der Waals surface area (Å²) in [5.41, 5.74) is 10.3. The number of aromatic nitrogens is 1. The first-order valence-electron chi connectivity index (χ1n) is 10.5. The van der Waals surface area contributed by atoms with Gasteiger partial charge in [0.15, 0.2) is 5.78 Å². The Balaban J connectivity index is 1.56. The van der Waals surface area contributed by atoms with Crippen LogP contribution in [0.3, 0.4) is 0 Å². The van der Waals surface area contributed by atoms with E-state index in [4.69, 9.17) is 5.73 Å². The van der Waals surface area contributed by atoms with Gasteiger partial charge in [0.25, 0.3) is 0 Å². The third-order valence-corrected chi connectivity index (χ3v) is 6.34. The van der Waals surface area contributed by atoms with Crippen LogP contribution in [0.1, 0.15) is 85.1 Å². The van der Waals surface area contributed by atoms with Gasteiger partial charge in [-0.15, -0.1) is 0 Å². The number of aliphatic hydroxyl groups excluding tert-OH is 1. The average Bonchev–Trinajstić information content (AvgIpc) is 3.25. The van der Waals surface area contributed by atoms with Gasteiger partial charge in [-0.2, -0.15) is 0 Å². The normalized spacial score (nSPS) is 22.1. The monoisotopic (exact) mass is 382 g/mol. The summed E-state index contributed by atoms with van der Waals surface area (Å²) in [6, 6.07) is 12.8. The van der Waals surface area contributed by atoms with Crippen LogP contribution in [-0.2, 0) is 13.5 Å². The molecular weight excluding hydrogens is 348 g/mol. The summed E-state index contributed by atoms with van der Waals surface area (Å²) in [6.07, 6.45) is 4.93. The molecule has 1 aliphatic rings. The molecule has 4 heteroatoms. The van der Waals surface area contributed by atoms with Crippen molar-refractivity contribution in [2.75, 3.05) is 6.61 Å². The lowest BCUT2D eigenvalue weighted by molar-refractivity contribution is 0.0972. The molecule has 152 valence electrons. The first kappa shape index (κ1) is 20.8. The van der Waals surface area contributed by atoms with Crippen molar-refractivity contribution in [1.82, 2.24) is 4.57 Å². The molecule has 2 atom stereocenters. The molecule has 3 N–H and O–H groups in total. The molecule has 1 saturated carbocycles. The Morgan fingerprint density at radius 3 is 2.57 bits per heavy atom. The van der Waals surface area contributed by atoms with E-state index in [2.05, 4.69) is 44.2 Å². The van der Waals surface area contributed by atoms with Crippen LogP contribution in [0, 0.1) is 0 Å². The van der Waals surface area contributed by atoms with Gasteiger partial charge < -0.3 is 15.4 Å². The van der Waals surface area contributed by atoms with Gasteiger partial charge in [-0.3, -0.25) is 4.79 Å². The molecule has 1 heterocycles. The van der Waals surface area contributed by atoms with Gasteiger partial charge in [-0.1, -0.05) is 38.1 Å². The van der Waals surface area contributed by atoms with Gasteiger partial charge in [0.2, 0.25) is 0 Å². The summed E-state index contributed by atoms with van der Waals surface area (Å²) in [5.74, 6) is 1.07. The number of hydrogen-bond acceptors (Lipinski definition) is 3. The molecule has 28 heavy (non-hydrogen) atoms. The zero-order chi connectivity index (χ0) is 20.3. The van der Waals surface area contributed by atoms with Gasteiger partial charge in [-0.05, 0) is 61.3 Å². The highest BCUT2D eigenvalue weighted by molar-refractivity contribution is 5.94. The van der Waals surface area contributed by atoms with Gasteiger partial charge in [0, 0.05) is 30.6 Å². The maximum atomic E-state index is 12.7. The van der Waals surface area contributed by atoms with Crippen molar-refractivity contribution in [2.24, 2.45) is 12.8 Å². The van der Waals surface area contributed by atoms with E-state index in [9.17, 15) is 9.90 Å². The minimum Gasteiger partial charge on any atom is -0.394 e. The molecule has 1 aromatic carbocycles. The number of aryl methyl sites for hydroxylation is 1. The minimum atomic E-state index is -0.468. The Kier molecular flexibility index (Phi) is 6.41. The predicted molar refractivity (Wildman–Crippen MR) is 114 cm³/mol. The first-order chi connectivity index (χ1) is 13.3. The molecule has 0 amide bonds. The summed E-state index contributed by atoms with van der Waals surface area (Å²) >= 11 is 0. The highest BCUT2D eigenvalue weighted by atomic mass is 16.3. The van der Waals surface area contributed by atoms with Crippen LogP contribution in [0.4, 0.5) is 0 Å². The molecule has 0 radical (unpaired) electrons. The molecule has 1 aliphatic carbocycles. The Labute approximate surface area is 168 Å². The summed E-state index contributed by atoms with van der Waals surface area (Å²) in [7, 11) is 1.97. The fraction of sp³-hybridized carbons (Fsp3) is 0.542. The highest BCUT2D eigenvalue weighted by Crippen LogP contribution is 2.39. The standard InChI is InChI=1S/C24H34N2O2/c1-17(2)19-9-7-18(8-10-19)5-4-6-23(28)22-12-11-21(26(22)3)20-13-14-24(25,15-20)16-27/h7-12,17,20,27H,4-6,13-16,25H2,1-3H3/t20-,24+/m0/s1. The first-order valence-corrected chi connectivity index (χ1v) is 10.5. The van der Waals surface area contributed by atoms with Crippen molar-refractivity contribution < 1.29 is 9.90 Å². The van der Waals surface area contributed by atoms with E-state index in [-0.39, 0.29) is 12.4 Å². The van der Waals surface area contributed by atoms with Gasteiger partial charge in [-0.25, -0.2) is 0 Å². The van der Waals surface area contributed by atoms with Crippen molar-refractivity contribution in [1.29, 1.82) is 0 Å². The molecule has 4 nitrogen and oxygen atoms in total. The Bertz CT molecular complexity index is 807. The number of hydrogen-bond donors (Lipinski definition) is 2. The lowest BCUT2D eigenvalue weighted by Gasteiger charge is -2.21. The maximum absolute atomic E-state index is 12.7. The summed E-state index contributed by atoms with van der Waals surface area (Å²) < 4.78 is 2.04. The Morgan fingerprint density at radius 2 is 1.96 bits per heavy atom. The van der Waals surface area contributed by atoms with Crippen molar-refractivity contribution in [3.63, 3.8) is 0 Å². The molecule has 3 rings (SSSR count). The van der Waals surface area contributed by atoms with Crippen LogP contribution in [0.25, 0.3) is 0 Å². The molecule has 1 aromatic heterocycles. The molecule has 0 bridgehead atoms. The second-order valence-electron chi connectivity index (χ2n) is 8.84. The van der Waals surface area contributed by atoms with Crippen LogP contribution in [0.15, 0.2) is 36.4 Å².